The number of aromatic nitrogens is 2. The monoisotopic (exact) mass is 343 g/mol. The van der Waals surface area contributed by atoms with E-state index in [0.717, 1.165) is 5.82 Å². The molecule has 0 spiro atoms. The predicted molar refractivity (Wildman–Crippen MR) is 96.9 cm³/mol. The molecule has 0 saturated carbocycles. The molecule has 0 aliphatic carbocycles. The summed E-state index contributed by atoms with van der Waals surface area (Å²) in [5, 5.41) is 0. The smallest absolute Gasteiger partial charge is 0.307 e. The molecule has 21 heavy (non-hydrogen) atoms. The fraction of sp³-hybridized carbons (Fsp3) is 0.692. The highest BCUT2D eigenvalue weighted by molar-refractivity contribution is 6.79. The van der Waals surface area contributed by atoms with E-state index >= 15 is 0 Å². The molecule has 120 valence electrons. The van der Waals surface area contributed by atoms with E-state index in [1.54, 1.807) is 0 Å². The zero-order valence-corrected chi connectivity index (χ0v) is 17.8. The van der Waals surface area contributed by atoms with Gasteiger partial charge in [-0.25, -0.2) is 0 Å². The van der Waals surface area contributed by atoms with E-state index in [4.69, 9.17) is 8.85 Å². The first-order valence-corrected chi connectivity index (χ1v) is 17.6. The predicted octanol–water partition coefficient (Wildman–Crippen LogP) is 4.15. The number of nitrogens with one attached hydrogen (secondary N) is 1. The fourth-order valence-electron chi connectivity index (χ4n) is 1.54. The number of hydrogen-bond donors (Lipinski definition) is 1. The third kappa shape index (κ3) is 8.22. The Hall–Kier alpha value is -0.869. The van der Waals surface area contributed by atoms with E-state index in [1.807, 2.05) is 6.07 Å². The summed E-state index contributed by atoms with van der Waals surface area (Å²) in [6.07, 6.45) is 0. The van der Waals surface area contributed by atoms with Crippen molar-refractivity contribution in [1.82, 2.24) is 9.97 Å². The largest absolute Gasteiger partial charge is 0.531 e. The van der Waals surface area contributed by atoms with Crippen LogP contribution >= 0.6 is 0 Å². The summed E-state index contributed by atoms with van der Waals surface area (Å²) in [7, 11) is -4.95. The normalized spacial score (nSPS) is 13.0. The first kappa shape index (κ1) is 18.2. The Balaban J connectivity index is 3.13. The molecule has 0 aliphatic heterocycles. The van der Waals surface area contributed by atoms with Gasteiger partial charge in [-0.3, -0.25) is 0 Å². The van der Waals surface area contributed by atoms with Crippen molar-refractivity contribution in [2.75, 3.05) is 4.98 Å². The molecular formula is C13H29N3O2Si3. The Morgan fingerprint density at radius 2 is 1.33 bits per heavy atom. The van der Waals surface area contributed by atoms with Gasteiger partial charge in [-0.15, -0.1) is 0 Å². The minimum absolute atomic E-state index is 0.422. The van der Waals surface area contributed by atoms with Gasteiger partial charge in [0.2, 0.25) is 22.5 Å². The van der Waals surface area contributed by atoms with Gasteiger partial charge in [0.15, 0.2) is 0 Å². The first-order chi connectivity index (χ1) is 9.23. The standard InChI is InChI=1S/C13H29N3O2Si3/c1-19(2,3)16-11-10-12(17-20(4,5)6)15-13(14-11)18-21(7,8)9/h10H,1-9H3,(H,14,15,16). The summed E-state index contributed by atoms with van der Waals surface area (Å²) >= 11 is 0. The molecule has 5 nitrogen and oxygen atoms in total. The second kappa shape index (κ2) is 6.09. The van der Waals surface area contributed by atoms with Gasteiger partial charge >= 0.3 is 6.01 Å². The van der Waals surface area contributed by atoms with E-state index in [-0.39, 0.29) is 0 Å². The summed E-state index contributed by atoms with van der Waals surface area (Å²) in [5.41, 5.74) is 0. The van der Waals surface area contributed by atoms with Crippen LogP contribution in [0.1, 0.15) is 0 Å². The molecule has 0 atom stereocenters. The average molecular weight is 344 g/mol. The lowest BCUT2D eigenvalue weighted by Gasteiger charge is -2.24. The zero-order chi connectivity index (χ0) is 16.5. The van der Waals surface area contributed by atoms with E-state index < -0.39 is 24.9 Å². The Bertz CT molecular complexity index is 407. The maximum absolute atomic E-state index is 6.01. The van der Waals surface area contributed by atoms with Crippen LogP contribution in [0.15, 0.2) is 6.07 Å². The molecular weight excluding hydrogens is 314 g/mol. The molecule has 0 radical (unpaired) electrons. The third-order valence-electron chi connectivity index (χ3n) is 1.99. The topological polar surface area (TPSA) is 56.3 Å². The summed E-state index contributed by atoms with van der Waals surface area (Å²) < 4.78 is 12.0. The third-order valence-corrected chi connectivity index (χ3v) is 4.62. The van der Waals surface area contributed by atoms with Gasteiger partial charge in [0, 0.05) is 6.07 Å². The molecule has 0 bridgehead atoms. The van der Waals surface area contributed by atoms with Crippen LogP contribution in [0, 0.1) is 0 Å². The quantitative estimate of drug-likeness (QED) is 0.786. The minimum atomic E-state index is -1.75. The molecule has 0 aliphatic rings. The van der Waals surface area contributed by atoms with Crippen molar-refractivity contribution in [1.29, 1.82) is 0 Å². The van der Waals surface area contributed by atoms with Gasteiger partial charge < -0.3 is 13.8 Å². The van der Waals surface area contributed by atoms with Crippen LogP contribution in [0.5, 0.6) is 11.9 Å². The van der Waals surface area contributed by atoms with Gasteiger partial charge in [-0.1, -0.05) is 19.6 Å². The SMILES string of the molecule is C[Si](C)(C)Nc1cc(O[Si](C)(C)C)nc(O[Si](C)(C)C)n1. The number of hydrogen-bond acceptors (Lipinski definition) is 5. The van der Waals surface area contributed by atoms with Gasteiger partial charge in [0.05, 0.1) is 0 Å². The Morgan fingerprint density at radius 3 is 1.76 bits per heavy atom. The second-order valence-electron chi connectivity index (χ2n) is 8.18. The zero-order valence-electron chi connectivity index (χ0n) is 14.8. The van der Waals surface area contributed by atoms with E-state index in [9.17, 15) is 0 Å². The summed E-state index contributed by atoms with van der Waals surface area (Å²) in [4.78, 5) is 12.4. The lowest BCUT2D eigenvalue weighted by atomic mass is 10.6. The van der Waals surface area contributed by atoms with E-state index in [1.165, 1.54) is 0 Å². The maximum atomic E-state index is 6.01. The van der Waals surface area contributed by atoms with Crippen molar-refractivity contribution in [2.24, 2.45) is 0 Å². The van der Waals surface area contributed by atoms with Gasteiger partial charge in [0.25, 0.3) is 0 Å². The molecule has 1 rings (SSSR count). The lowest BCUT2D eigenvalue weighted by Crippen LogP contribution is -2.34. The van der Waals surface area contributed by atoms with E-state index in [2.05, 4.69) is 73.9 Å². The minimum Gasteiger partial charge on any atom is -0.531 e. The first-order valence-electron chi connectivity index (χ1n) is 7.29. The van der Waals surface area contributed by atoms with Gasteiger partial charge in [-0.2, -0.15) is 9.97 Å². The average Bonchev–Trinajstić information content (AvgIpc) is 2.06. The summed E-state index contributed by atoms with van der Waals surface area (Å²) in [6, 6.07) is 2.30. The Morgan fingerprint density at radius 1 is 0.810 bits per heavy atom. The lowest BCUT2D eigenvalue weighted by molar-refractivity contribution is 0.477. The van der Waals surface area contributed by atoms with Crippen LogP contribution in [-0.2, 0) is 0 Å². The van der Waals surface area contributed by atoms with Crippen LogP contribution in [0.4, 0.5) is 5.82 Å². The molecule has 1 N–H and O–H groups in total. The van der Waals surface area contributed by atoms with Crippen molar-refractivity contribution >= 4 is 30.7 Å². The highest BCUT2D eigenvalue weighted by Crippen LogP contribution is 2.23. The number of anilines is 1. The van der Waals surface area contributed by atoms with Crippen LogP contribution in [-0.4, -0.2) is 34.8 Å². The van der Waals surface area contributed by atoms with Crippen LogP contribution < -0.4 is 13.8 Å². The van der Waals surface area contributed by atoms with Crippen molar-refractivity contribution in [3.8, 4) is 11.9 Å². The molecule has 1 aromatic heterocycles. The summed E-state index contributed by atoms with van der Waals surface area (Å²) in [6.45, 7) is 19.5. The molecule has 1 aromatic rings. The van der Waals surface area contributed by atoms with E-state index in [0.29, 0.717) is 11.9 Å². The number of rotatable bonds is 6. The maximum Gasteiger partial charge on any atom is 0.307 e. The molecule has 0 unspecified atom stereocenters. The highest BCUT2D eigenvalue weighted by atomic mass is 28.4. The summed E-state index contributed by atoms with van der Waals surface area (Å²) in [5.74, 6) is 1.41. The Kier molecular flexibility index (Phi) is 5.27. The molecule has 1 heterocycles. The van der Waals surface area contributed by atoms with Crippen molar-refractivity contribution < 1.29 is 8.85 Å². The molecule has 0 aromatic carbocycles. The highest BCUT2D eigenvalue weighted by Gasteiger charge is 2.23. The Labute approximate surface area is 131 Å². The van der Waals surface area contributed by atoms with Crippen molar-refractivity contribution in [3.05, 3.63) is 6.07 Å². The van der Waals surface area contributed by atoms with Gasteiger partial charge in [0.1, 0.15) is 14.1 Å². The van der Waals surface area contributed by atoms with Gasteiger partial charge in [-0.05, 0) is 39.3 Å². The molecule has 0 saturated heterocycles. The van der Waals surface area contributed by atoms with Crippen LogP contribution in [0.2, 0.25) is 58.9 Å². The number of nitrogens with zero attached hydrogens (tertiary/aromatic N) is 2. The van der Waals surface area contributed by atoms with Crippen LogP contribution in [0.25, 0.3) is 0 Å². The second-order valence-corrected chi connectivity index (χ2v) is 21.8. The molecule has 0 amide bonds. The van der Waals surface area contributed by atoms with Crippen molar-refractivity contribution in [2.45, 2.75) is 58.9 Å². The van der Waals surface area contributed by atoms with Crippen LogP contribution in [0.3, 0.4) is 0 Å². The molecule has 0 fully saturated rings. The molecule has 8 heteroatoms. The fourth-order valence-corrected chi connectivity index (χ4v) is 3.81. The van der Waals surface area contributed by atoms with Crippen molar-refractivity contribution in [3.63, 3.8) is 0 Å².